The van der Waals surface area contributed by atoms with E-state index in [1.165, 1.54) is 11.3 Å². The normalized spacial score (nSPS) is 13.2. The van der Waals surface area contributed by atoms with Crippen molar-refractivity contribution >= 4 is 21.4 Å². The zero-order valence-corrected chi connectivity index (χ0v) is 13.8. The van der Waals surface area contributed by atoms with Crippen LogP contribution in [0.25, 0.3) is 0 Å². The van der Waals surface area contributed by atoms with Gasteiger partial charge in [-0.25, -0.2) is 13.1 Å². The Hall–Kier alpha value is -0.470. The van der Waals surface area contributed by atoms with Crippen LogP contribution in [0.3, 0.4) is 0 Å². The zero-order valence-electron chi connectivity index (χ0n) is 12.1. The smallest absolute Gasteiger partial charge is 0.242 e. The number of hydrogen-bond donors (Lipinski definition) is 2. The summed E-state index contributed by atoms with van der Waals surface area (Å²) in [5, 5.41) is 1.83. The second-order valence-corrected chi connectivity index (χ2v) is 8.07. The van der Waals surface area contributed by atoms with Crippen LogP contribution in [-0.2, 0) is 16.6 Å². The first-order valence-corrected chi connectivity index (χ1v) is 8.42. The lowest BCUT2D eigenvalue weighted by Crippen LogP contribution is -2.48. The molecule has 0 fully saturated rings. The van der Waals surface area contributed by atoms with E-state index in [1.54, 1.807) is 6.92 Å². The Morgan fingerprint density at radius 2 is 2.00 bits per heavy atom. The Labute approximate surface area is 119 Å². The summed E-state index contributed by atoms with van der Waals surface area (Å²) in [6.07, 6.45) is 0. The van der Waals surface area contributed by atoms with Crippen LogP contribution in [0.2, 0.25) is 0 Å². The number of aryl methyl sites for hydroxylation is 1. The number of nitrogens with one attached hydrogen (secondary N) is 1. The molecule has 0 unspecified atom stereocenters. The minimum atomic E-state index is -3.50. The molecule has 110 valence electrons. The Bertz CT molecular complexity index is 533. The van der Waals surface area contributed by atoms with Gasteiger partial charge in [-0.2, -0.15) is 0 Å². The average Bonchev–Trinajstić information content (AvgIpc) is 2.68. The quantitative estimate of drug-likeness (QED) is 0.826. The minimum Gasteiger partial charge on any atom is -0.326 e. The number of thiophene rings is 1. The van der Waals surface area contributed by atoms with Crippen LogP contribution in [0.1, 0.15) is 24.3 Å². The van der Waals surface area contributed by atoms with E-state index in [4.69, 9.17) is 5.73 Å². The standard InChI is InChI=1S/C12H23N3O2S2/c1-9-7-18-10(6-13)11(9)19(16,17)14-8-12(2,3)15(4)5/h7,14H,6,8,13H2,1-5H3. The molecule has 5 nitrogen and oxygen atoms in total. The van der Waals surface area contributed by atoms with Crippen LogP contribution >= 0.6 is 11.3 Å². The number of likely N-dealkylation sites (N-methyl/N-ethyl adjacent to an activating group) is 1. The molecule has 1 aromatic rings. The van der Waals surface area contributed by atoms with Gasteiger partial charge in [-0.1, -0.05) is 0 Å². The first-order valence-electron chi connectivity index (χ1n) is 6.06. The van der Waals surface area contributed by atoms with Crippen LogP contribution in [-0.4, -0.2) is 39.5 Å². The van der Waals surface area contributed by atoms with Crippen molar-refractivity contribution < 1.29 is 8.42 Å². The van der Waals surface area contributed by atoms with Gasteiger partial charge < -0.3 is 10.6 Å². The SMILES string of the molecule is Cc1csc(CN)c1S(=O)(=O)NCC(C)(C)N(C)C. The largest absolute Gasteiger partial charge is 0.326 e. The van der Waals surface area contributed by atoms with Crippen LogP contribution in [0.4, 0.5) is 0 Å². The Morgan fingerprint density at radius 1 is 1.42 bits per heavy atom. The highest BCUT2D eigenvalue weighted by Crippen LogP contribution is 2.26. The fraction of sp³-hybridized carbons (Fsp3) is 0.667. The Kier molecular flexibility index (Phi) is 5.14. The van der Waals surface area contributed by atoms with Crippen molar-refractivity contribution in [1.82, 2.24) is 9.62 Å². The topological polar surface area (TPSA) is 75.4 Å². The predicted molar refractivity (Wildman–Crippen MR) is 79.9 cm³/mol. The van der Waals surface area contributed by atoms with Crippen molar-refractivity contribution in [3.8, 4) is 0 Å². The maximum absolute atomic E-state index is 12.4. The van der Waals surface area contributed by atoms with Gasteiger partial charge in [0.1, 0.15) is 4.90 Å². The molecule has 0 saturated carbocycles. The highest BCUT2D eigenvalue weighted by Gasteiger charge is 2.27. The van der Waals surface area contributed by atoms with E-state index in [0.29, 0.717) is 16.3 Å². The second kappa shape index (κ2) is 5.88. The van der Waals surface area contributed by atoms with E-state index in [2.05, 4.69) is 4.72 Å². The van der Waals surface area contributed by atoms with E-state index in [1.807, 2.05) is 38.2 Å². The van der Waals surface area contributed by atoms with Crippen molar-refractivity contribution in [2.75, 3.05) is 20.6 Å². The number of nitrogens with zero attached hydrogens (tertiary/aromatic N) is 1. The van der Waals surface area contributed by atoms with Gasteiger partial charge >= 0.3 is 0 Å². The molecule has 3 N–H and O–H groups in total. The first-order chi connectivity index (χ1) is 8.62. The van der Waals surface area contributed by atoms with Crippen LogP contribution < -0.4 is 10.5 Å². The molecule has 1 heterocycles. The summed E-state index contributed by atoms with van der Waals surface area (Å²) in [6.45, 7) is 6.36. The summed E-state index contributed by atoms with van der Waals surface area (Å²) in [5.41, 5.74) is 6.10. The van der Waals surface area contributed by atoms with E-state index in [-0.39, 0.29) is 12.1 Å². The van der Waals surface area contributed by atoms with Gasteiger partial charge in [-0.15, -0.1) is 11.3 Å². The molecule has 7 heteroatoms. The molecule has 1 rings (SSSR count). The summed E-state index contributed by atoms with van der Waals surface area (Å²) < 4.78 is 27.4. The van der Waals surface area contributed by atoms with Crippen LogP contribution in [0, 0.1) is 6.92 Å². The fourth-order valence-electron chi connectivity index (χ4n) is 1.49. The third kappa shape index (κ3) is 3.76. The molecule has 0 aromatic carbocycles. The average molecular weight is 305 g/mol. The Balaban J connectivity index is 2.97. The third-order valence-electron chi connectivity index (χ3n) is 3.35. The molecule has 0 saturated heterocycles. The van der Waals surface area contributed by atoms with E-state index in [0.717, 1.165) is 5.56 Å². The van der Waals surface area contributed by atoms with Gasteiger partial charge in [0, 0.05) is 23.5 Å². The maximum Gasteiger partial charge on any atom is 0.242 e. The summed E-state index contributed by atoms with van der Waals surface area (Å²) in [6, 6.07) is 0. The summed E-state index contributed by atoms with van der Waals surface area (Å²) in [5.74, 6) is 0. The van der Waals surface area contributed by atoms with Gasteiger partial charge in [-0.3, -0.25) is 0 Å². The highest BCUT2D eigenvalue weighted by molar-refractivity contribution is 7.89. The molecule has 19 heavy (non-hydrogen) atoms. The van der Waals surface area contributed by atoms with Gasteiger partial charge in [0.05, 0.1) is 0 Å². The van der Waals surface area contributed by atoms with Gasteiger partial charge in [-0.05, 0) is 45.8 Å². The van der Waals surface area contributed by atoms with Crippen molar-refractivity contribution in [3.63, 3.8) is 0 Å². The number of nitrogens with two attached hydrogens (primary N) is 1. The lowest BCUT2D eigenvalue weighted by molar-refractivity contribution is 0.199. The summed E-state index contributed by atoms with van der Waals surface area (Å²) in [4.78, 5) is 3.03. The van der Waals surface area contributed by atoms with Crippen molar-refractivity contribution in [2.24, 2.45) is 5.73 Å². The molecule has 0 aliphatic carbocycles. The lowest BCUT2D eigenvalue weighted by atomic mass is 10.1. The monoisotopic (exact) mass is 305 g/mol. The molecule has 0 radical (unpaired) electrons. The molecule has 0 spiro atoms. The van der Waals surface area contributed by atoms with E-state index < -0.39 is 10.0 Å². The van der Waals surface area contributed by atoms with Gasteiger partial charge in [0.15, 0.2) is 0 Å². The van der Waals surface area contributed by atoms with Crippen molar-refractivity contribution in [1.29, 1.82) is 0 Å². The molecule has 1 aromatic heterocycles. The number of rotatable bonds is 6. The van der Waals surface area contributed by atoms with Crippen LogP contribution in [0.15, 0.2) is 10.3 Å². The van der Waals surface area contributed by atoms with Crippen molar-refractivity contribution in [3.05, 3.63) is 15.8 Å². The molecule has 0 bridgehead atoms. The molecule has 0 aliphatic rings. The molecule has 0 aliphatic heterocycles. The molecular weight excluding hydrogens is 282 g/mol. The molecule has 0 atom stereocenters. The minimum absolute atomic E-state index is 0.242. The third-order valence-corrected chi connectivity index (χ3v) is 6.24. The first kappa shape index (κ1) is 16.6. The maximum atomic E-state index is 12.4. The molecule has 0 amide bonds. The zero-order chi connectivity index (χ0) is 14.8. The predicted octanol–water partition coefficient (Wildman–Crippen LogP) is 1.13. The van der Waals surface area contributed by atoms with E-state index >= 15 is 0 Å². The number of hydrogen-bond acceptors (Lipinski definition) is 5. The van der Waals surface area contributed by atoms with Gasteiger partial charge in [0.2, 0.25) is 10.0 Å². The number of sulfonamides is 1. The van der Waals surface area contributed by atoms with Gasteiger partial charge in [0.25, 0.3) is 0 Å². The lowest BCUT2D eigenvalue weighted by Gasteiger charge is -2.32. The van der Waals surface area contributed by atoms with E-state index in [9.17, 15) is 8.42 Å². The summed E-state index contributed by atoms with van der Waals surface area (Å²) in [7, 11) is 0.349. The second-order valence-electron chi connectivity index (χ2n) is 5.41. The van der Waals surface area contributed by atoms with Crippen molar-refractivity contribution in [2.45, 2.75) is 37.8 Å². The molecular formula is C12H23N3O2S2. The summed E-state index contributed by atoms with van der Waals surface area (Å²) >= 11 is 1.39. The fourth-order valence-corrected chi connectivity index (χ4v) is 4.39. The Morgan fingerprint density at radius 3 is 2.47 bits per heavy atom. The highest BCUT2D eigenvalue weighted by atomic mass is 32.2. The van der Waals surface area contributed by atoms with Crippen LogP contribution in [0.5, 0.6) is 0 Å².